The zero-order chi connectivity index (χ0) is 15.6. The average molecular weight is 309 g/mol. The van der Waals surface area contributed by atoms with Gasteiger partial charge >= 0.3 is 5.97 Å². The lowest BCUT2D eigenvalue weighted by molar-refractivity contribution is -0.140. The summed E-state index contributed by atoms with van der Waals surface area (Å²) in [6, 6.07) is 1.88. The summed E-state index contributed by atoms with van der Waals surface area (Å²) < 4.78 is 6.40. The maximum atomic E-state index is 12.5. The number of methoxy groups -OCH3 is 1. The van der Waals surface area contributed by atoms with Gasteiger partial charge in [0.1, 0.15) is 4.83 Å². The van der Waals surface area contributed by atoms with Crippen LogP contribution in [0.3, 0.4) is 0 Å². The molecule has 0 fully saturated rings. The zero-order valence-corrected chi connectivity index (χ0v) is 13.5. The Labute approximate surface area is 127 Å². The lowest BCUT2D eigenvalue weighted by Crippen LogP contribution is -2.32. The predicted molar refractivity (Wildman–Crippen MR) is 81.5 cm³/mol. The number of aryl methyl sites for hydroxylation is 2. The Balaban J connectivity index is 2.19. The molecule has 0 radical (unpaired) electrons. The van der Waals surface area contributed by atoms with Crippen molar-refractivity contribution in [1.82, 2.24) is 14.7 Å². The Hall–Kier alpha value is -1.89. The van der Waals surface area contributed by atoms with E-state index in [1.165, 1.54) is 18.4 Å². The molecule has 6 nitrogen and oxygen atoms in total. The molecule has 0 saturated carbocycles. The highest BCUT2D eigenvalue weighted by Crippen LogP contribution is 2.28. The van der Waals surface area contributed by atoms with Crippen molar-refractivity contribution < 1.29 is 14.3 Å². The van der Waals surface area contributed by atoms with Gasteiger partial charge in [-0.3, -0.25) is 14.3 Å². The minimum Gasteiger partial charge on any atom is -0.469 e. The second-order valence-corrected chi connectivity index (χ2v) is 5.78. The molecule has 0 saturated heterocycles. The van der Waals surface area contributed by atoms with Gasteiger partial charge in [-0.25, -0.2) is 0 Å². The highest BCUT2D eigenvalue weighted by Gasteiger charge is 2.20. The minimum absolute atomic E-state index is 0.0537. The van der Waals surface area contributed by atoms with Crippen molar-refractivity contribution in [3.8, 4) is 0 Å². The third-order valence-electron chi connectivity index (χ3n) is 3.39. The second kappa shape index (κ2) is 6.26. The molecule has 0 spiro atoms. The number of aromatic nitrogens is 2. The van der Waals surface area contributed by atoms with Crippen molar-refractivity contribution in [3.63, 3.8) is 0 Å². The number of carbonyl (C=O) groups is 2. The number of rotatable bonds is 5. The SMILES string of the molecule is CCN(CCC(=O)OC)C(=O)c1cc2c(C)nn(C)c2s1. The highest BCUT2D eigenvalue weighted by molar-refractivity contribution is 7.20. The molecular formula is C14H19N3O3S. The molecular weight excluding hydrogens is 290 g/mol. The number of ether oxygens (including phenoxy) is 1. The van der Waals surface area contributed by atoms with E-state index in [0.29, 0.717) is 18.0 Å². The van der Waals surface area contributed by atoms with Gasteiger partial charge in [0.25, 0.3) is 5.91 Å². The van der Waals surface area contributed by atoms with Crippen LogP contribution in [0.25, 0.3) is 10.2 Å². The number of amides is 1. The van der Waals surface area contributed by atoms with Crippen LogP contribution in [0.15, 0.2) is 6.07 Å². The van der Waals surface area contributed by atoms with Crippen LogP contribution in [0, 0.1) is 6.92 Å². The molecule has 0 aliphatic carbocycles. The van der Waals surface area contributed by atoms with E-state index in [9.17, 15) is 9.59 Å². The zero-order valence-electron chi connectivity index (χ0n) is 12.7. The van der Waals surface area contributed by atoms with E-state index in [2.05, 4.69) is 9.84 Å². The number of hydrogen-bond acceptors (Lipinski definition) is 5. The number of fused-ring (bicyclic) bond motifs is 1. The van der Waals surface area contributed by atoms with Crippen LogP contribution in [0.4, 0.5) is 0 Å². The van der Waals surface area contributed by atoms with Gasteiger partial charge in [0.2, 0.25) is 0 Å². The normalized spacial score (nSPS) is 10.9. The van der Waals surface area contributed by atoms with Crippen LogP contribution in [-0.2, 0) is 16.6 Å². The molecule has 0 N–H and O–H groups in total. The third kappa shape index (κ3) is 3.07. The smallest absolute Gasteiger partial charge is 0.307 e. The van der Waals surface area contributed by atoms with E-state index in [-0.39, 0.29) is 18.3 Å². The van der Waals surface area contributed by atoms with E-state index in [1.54, 1.807) is 9.58 Å². The van der Waals surface area contributed by atoms with E-state index >= 15 is 0 Å². The predicted octanol–water partition coefficient (Wildman–Crippen LogP) is 1.97. The summed E-state index contributed by atoms with van der Waals surface area (Å²) in [5.74, 6) is -0.361. The second-order valence-electron chi connectivity index (χ2n) is 4.75. The summed E-state index contributed by atoms with van der Waals surface area (Å²) in [7, 11) is 3.22. The minimum atomic E-state index is -0.308. The van der Waals surface area contributed by atoms with Gasteiger partial charge in [0.05, 0.1) is 24.1 Å². The molecule has 0 aliphatic heterocycles. The Morgan fingerprint density at radius 2 is 2.19 bits per heavy atom. The van der Waals surface area contributed by atoms with Crippen LogP contribution in [0.1, 0.15) is 28.7 Å². The highest BCUT2D eigenvalue weighted by atomic mass is 32.1. The topological polar surface area (TPSA) is 64.4 Å². The summed E-state index contributed by atoms with van der Waals surface area (Å²) in [6.07, 6.45) is 0.210. The maximum Gasteiger partial charge on any atom is 0.307 e. The van der Waals surface area contributed by atoms with Crippen molar-refractivity contribution >= 4 is 33.4 Å². The van der Waals surface area contributed by atoms with Gasteiger partial charge in [0.15, 0.2) is 0 Å². The van der Waals surface area contributed by atoms with E-state index < -0.39 is 0 Å². The van der Waals surface area contributed by atoms with Gasteiger partial charge < -0.3 is 9.64 Å². The fourth-order valence-corrected chi connectivity index (χ4v) is 3.29. The number of nitrogens with zero attached hydrogens (tertiary/aromatic N) is 3. The number of hydrogen-bond donors (Lipinski definition) is 0. The quantitative estimate of drug-likeness (QED) is 0.792. The summed E-state index contributed by atoms with van der Waals surface area (Å²) in [5, 5.41) is 5.34. The molecule has 1 amide bonds. The molecule has 21 heavy (non-hydrogen) atoms. The van der Waals surface area contributed by atoms with Crippen molar-refractivity contribution in [2.24, 2.45) is 7.05 Å². The first kappa shape index (κ1) is 15.5. The fraction of sp³-hybridized carbons (Fsp3) is 0.500. The van der Waals surface area contributed by atoms with Gasteiger partial charge in [0, 0.05) is 25.5 Å². The standard InChI is InChI=1S/C14H19N3O3S/c1-5-17(7-6-12(18)20-4)13(19)11-8-10-9(2)15-16(3)14(10)21-11/h8H,5-7H2,1-4H3. The summed E-state index contributed by atoms with van der Waals surface area (Å²) >= 11 is 1.43. The number of esters is 1. The lowest BCUT2D eigenvalue weighted by Gasteiger charge is -2.19. The van der Waals surface area contributed by atoms with E-state index in [0.717, 1.165) is 15.9 Å². The largest absolute Gasteiger partial charge is 0.469 e. The molecule has 2 rings (SSSR count). The molecule has 114 valence electrons. The fourth-order valence-electron chi connectivity index (χ4n) is 2.20. The molecule has 0 aromatic carbocycles. The summed E-state index contributed by atoms with van der Waals surface area (Å²) in [6.45, 7) is 4.75. The Kier molecular flexibility index (Phi) is 4.62. The van der Waals surface area contributed by atoms with Crippen molar-refractivity contribution in [2.45, 2.75) is 20.3 Å². The molecule has 2 aromatic rings. The Morgan fingerprint density at radius 1 is 1.48 bits per heavy atom. The van der Waals surface area contributed by atoms with Crippen LogP contribution >= 0.6 is 11.3 Å². The van der Waals surface area contributed by atoms with Crippen LogP contribution in [0.2, 0.25) is 0 Å². The molecule has 7 heteroatoms. The molecule has 0 aliphatic rings. The van der Waals surface area contributed by atoms with Crippen LogP contribution in [-0.4, -0.2) is 46.8 Å². The number of carbonyl (C=O) groups excluding carboxylic acids is 2. The lowest BCUT2D eigenvalue weighted by atomic mass is 10.3. The van der Waals surface area contributed by atoms with Crippen LogP contribution in [0.5, 0.6) is 0 Å². The summed E-state index contributed by atoms with van der Waals surface area (Å²) in [4.78, 5) is 27.0. The molecule has 2 aromatic heterocycles. The van der Waals surface area contributed by atoms with Crippen molar-refractivity contribution in [3.05, 3.63) is 16.6 Å². The molecule has 2 heterocycles. The first-order valence-corrected chi connectivity index (χ1v) is 7.58. The molecule has 0 atom stereocenters. The third-order valence-corrected chi connectivity index (χ3v) is 4.58. The Morgan fingerprint density at radius 3 is 2.76 bits per heavy atom. The van der Waals surface area contributed by atoms with E-state index in [1.807, 2.05) is 27.0 Å². The van der Waals surface area contributed by atoms with Crippen molar-refractivity contribution in [2.75, 3.05) is 20.2 Å². The number of thiophene rings is 1. The first-order valence-electron chi connectivity index (χ1n) is 6.77. The van der Waals surface area contributed by atoms with Gasteiger partial charge in [-0.05, 0) is 19.9 Å². The molecule has 0 bridgehead atoms. The maximum absolute atomic E-state index is 12.5. The monoisotopic (exact) mass is 309 g/mol. The first-order chi connectivity index (χ1) is 9.97. The Bertz CT molecular complexity index is 640. The molecule has 0 unspecified atom stereocenters. The van der Waals surface area contributed by atoms with Gasteiger partial charge in [-0.15, -0.1) is 11.3 Å². The van der Waals surface area contributed by atoms with E-state index in [4.69, 9.17) is 0 Å². The van der Waals surface area contributed by atoms with Gasteiger partial charge in [-0.1, -0.05) is 0 Å². The average Bonchev–Trinajstić information content (AvgIpc) is 3.01. The van der Waals surface area contributed by atoms with Crippen molar-refractivity contribution in [1.29, 1.82) is 0 Å². The van der Waals surface area contributed by atoms with Gasteiger partial charge in [-0.2, -0.15) is 5.10 Å². The van der Waals surface area contributed by atoms with Crippen LogP contribution < -0.4 is 0 Å². The summed E-state index contributed by atoms with van der Waals surface area (Å²) in [5.41, 5.74) is 0.917.